The van der Waals surface area contributed by atoms with E-state index in [-0.39, 0.29) is 29.9 Å². The molecule has 1 amide bonds. The molecule has 0 bridgehead atoms. The van der Waals surface area contributed by atoms with Crippen LogP contribution >= 0.6 is 35.3 Å². The van der Waals surface area contributed by atoms with Crippen molar-refractivity contribution in [3.8, 4) is 0 Å². The van der Waals surface area contributed by atoms with Crippen LogP contribution in [0.4, 0.5) is 0 Å². The Kier molecular flexibility index (Phi) is 12.1. The first kappa shape index (κ1) is 24.2. The Bertz CT molecular complexity index is 517. The largest absolute Gasteiger partial charge is 0.357 e. The fourth-order valence-electron chi connectivity index (χ4n) is 2.21. The third-order valence-corrected chi connectivity index (χ3v) is 4.58. The topological polar surface area (TPSA) is 65.5 Å². The van der Waals surface area contributed by atoms with Gasteiger partial charge in [0.05, 0.1) is 12.0 Å². The van der Waals surface area contributed by atoms with Gasteiger partial charge < -0.3 is 16.0 Å². The van der Waals surface area contributed by atoms with Crippen LogP contribution in [0.3, 0.4) is 0 Å². The van der Waals surface area contributed by atoms with Gasteiger partial charge in [-0.15, -0.1) is 35.3 Å². The Morgan fingerprint density at radius 3 is 2.48 bits per heavy atom. The second-order valence-corrected chi connectivity index (χ2v) is 7.74. The summed E-state index contributed by atoms with van der Waals surface area (Å²) in [5, 5.41) is 11.6. The minimum Gasteiger partial charge on any atom is -0.357 e. The number of thiophene rings is 1. The first-order valence-electron chi connectivity index (χ1n) is 8.71. The molecule has 0 radical (unpaired) electrons. The maximum Gasteiger partial charge on any atom is 0.227 e. The number of amides is 1. The molecule has 1 heterocycles. The lowest BCUT2D eigenvalue weighted by Gasteiger charge is -2.22. The quantitative estimate of drug-likeness (QED) is 0.289. The van der Waals surface area contributed by atoms with Crippen molar-refractivity contribution in [3.63, 3.8) is 0 Å². The van der Waals surface area contributed by atoms with E-state index in [2.05, 4.69) is 45.4 Å². The zero-order chi connectivity index (χ0) is 18.0. The fraction of sp³-hybridized carbons (Fsp3) is 0.667. The van der Waals surface area contributed by atoms with Crippen molar-refractivity contribution < 1.29 is 4.79 Å². The molecule has 0 saturated heterocycles. The minimum atomic E-state index is -0.513. The van der Waals surface area contributed by atoms with Crippen molar-refractivity contribution in [3.05, 3.63) is 22.4 Å². The summed E-state index contributed by atoms with van der Waals surface area (Å²) in [5.74, 6) is 1.33. The molecule has 0 aromatic carbocycles. The molecule has 0 fully saturated rings. The van der Waals surface area contributed by atoms with Gasteiger partial charge in [-0.1, -0.05) is 13.0 Å². The second kappa shape index (κ2) is 12.5. The highest BCUT2D eigenvalue weighted by Gasteiger charge is 2.26. The van der Waals surface area contributed by atoms with Gasteiger partial charge in [0.2, 0.25) is 5.91 Å². The summed E-state index contributed by atoms with van der Waals surface area (Å²) in [6, 6.07) is 4.27. The predicted octanol–water partition coefficient (Wildman–Crippen LogP) is 3.26. The molecule has 7 heteroatoms. The molecular formula is C18H33IN4OS. The van der Waals surface area contributed by atoms with Crippen LogP contribution in [-0.4, -0.2) is 38.0 Å². The van der Waals surface area contributed by atoms with Crippen LogP contribution in [0.25, 0.3) is 0 Å². The average molecular weight is 480 g/mol. The van der Waals surface area contributed by atoms with Gasteiger partial charge in [0.1, 0.15) is 0 Å². The van der Waals surface area contributed by atoms with Gasteiger partial charge in [-0.2, -0.15) is 0 Å². The zero-order valence-corrected chi connectivity index (χ0v) is 19.2. The highest BCUT2D eigenvalue weighted by atomic mass is 127. The smallest absolute Gasteiger partial charge is 0.227 e. The fourth-order valence-corrected chi connectivity index (χ4v) is 3.08. The van der Waals surface area contributed by atoms with Crippen molar-refractivity contribution in [2.75, 3.05) is 26.2 Å². The lowest BCUT2D eigenvalue weighted by molar-refractivity contribution is -0.128. The van der Waals surface area contributed by atoms with Crippen LogP contribution in [0.5, 0.6) is 0 Å². The van der Waals surface area contributed by atoms with E-state index in [1.54, 1.807) is 11.3 Å². The summed E-state index contributed by atoms with van der Waals surface area (Å²) in [7, 11) is 0. The van der Waals surface area contributed by atoms with Crippen LogP contribution in [0.1, 0.15) is 39.5 Å². The highest BCUT2D eigenvalue weighted by Crippen LogP contribution is 2.16. The van der Waals surface area contributed by atoms with Gasteiger partial charge in [0, 0.05) is 24.5 Å². The number of carbonyl (C=O) groups is 1. The maximum atomic E-state index is 12.1. The molecule has 1 aromatic heterocycles. The number of rotatable bonds is 9. The van der Waals surface area contributed by atoms with E-state index in [1.807, 2.05) is 27.7 Å². The SMILES string of the molecule is CCNC(=O)C(C)(C)CN=C(NCC)NCC(C)Cc1cccs1.I. The monoisotopic (exact) mass is 480 g/mol. The molecule has 1 unspecified atom stereocenters. The van der Waals surface area contributed by atoms with Crippen LogP contribution in [-0.2, 0) is 11.2 Å². The van der Waals surface area contributed by atoms with Gasteiger partial charge in [-0.05, 0) is 51.5 Å². The molecule has 144 valence electrons. The standard InChI is InChI=1S/C18H32N4OS.HI/c1-6-19-16(23)18(4,5)13-22-17(20-7-2)21-12-14(3)11-15-9-8-10-24-15;/h8-10,14H,6-7,11-13H2,1-5H3,(H,19,23)(H2,20,21,22);1H. The number of guanidine groups is 1. The molecule has 0 saturated carbocycles. The number of nitrogens with zero attached hydrogens (tertiary/aromatic N) is 1. The van der Waals surface area contributed by atoms with E-state index in [1.165, 1.54) is 4.88 Å². The van der Waals surface area contributed by atoms with Gasteiger partial charge in [-0.3, -0.25) is 9.79 Å². The summed E-state index contributed by atoms with van der Waals surface area (Å²) in [6.07, 6.45) is 1.06. The van der Waals surface area contributed by atoms with E-state index >= 15 is 0 Å². The molecule has 0 aliphatic rings. The van der Waals surface area contributed by atoms with E-state index in [0.717, 1.165) is 25.5 Å². The third-order valence-electron chi connectivity index (χ3n) is 3.68. The van der Waals surface area contributed by atoms with Crippen molar-refractivity contribution >= 4 is 47.2 Å². The zero-order valence-electron chi connectivity index (χ0n) is 16.0. The van der Waals surface area contributed by atoms with Crippen LogP contribution in [0, 0.1) is 11.3 Å². The second-order valence-electron chi connectivity index (χ2n) is 6.71. The Morgan fingerprint density at radius 1 is 1.24 bits per heavy atom. The lowest BCUT2D eigenvalue weighted by atomic mass is 9.92. The van der Waals surface area contributed by atoms with Crippen molar-refractivity contribution in [2.45, 2.75) is 41.0 Å². The Morgan fingerprint density at radius 2 is 1.92 bits per heavy atom. The lowest BCUT2D eigenvalue weighted by Crippen LogP contribution is -2.42. The van der Waals surface area contributed by atoms with E-state index < -0.39 is 5.41 Å². The van der Waals surface area contributed by atoms with Crippen LogP contribution in [0.15, 0.2) is 22.5 Å². The Balaban J connectivity index is 0.00000576. The summed E-state index contributed by atoms with van der Waals surface area (Å²) >= 11 is 1.80. The van der Waals surface area contributed by atoms with E-state index in [0.29, 0.717) is 19.0 Å². The van der Waals surface area contributed by atoms with Gasteiger partial charge in [0.25, 0.3) is 0 Å². The first-order valence-corrected chi connectivity index (χ1v) is 9.59. The molecule has 25 heavy (non-hydrogen) atoms. The van der Waals surface area contributed by atoms with Crippen molar-refractivity contribution in [2.24, 2.45) is 16.3 Å². The van der Waals surface area contributed by atoms with Crippen molar-refractivity contribution in [1.29, 1.82) is 0 Å². The average Bonchev–Trinajstić information content (AvgIpc) is 3.03. The molecule has 0 spiro atoms. The molecular weight excluding hydrogens is 447 g/mol. The predicted molar refractivity (Wildman–Crippen MR) is 119 cm³/mol. The normalized spacial score (nSPS) is 12.9. The number of halogens is 1. The number of nitrogens with one attached hydrogen (secondary N) is 3. The summed E-state index contributed by atoms with van der Waals surface area (Å²) in [6.45, 7) is 12.8. The number of hydrogen-bond acceptors (Lipinski definition) is 3. The van der Waals surface area contributed by atoms with Gasteiger partial charge in [0.15, 0.2) is 5.96 Å². The number of carbonyl (C=O) groups excluding carboxylic acids is 1. The molecule has 1 atom stereocenters. The van der Waals surface area contributed by atoms with Gasteiger partial charge >= 0.3 is 0 Å². The van der Waals surface area contributed by atoms with E-state index in [9.17, 15) is 4.79 Å². The minimum absolute atomic E-state index is 0. The Labute approximate surface area is 173 Å². The molecule has 1 aromatic rings. The van der Waals surface area contributed by atoms with Crippen LogP contribution < -0.4 is 16.0 Å². The molecule has 3 N–H and O–H groups in total. The van der Waals surface area contributed by atoms with E-state index in [4.69, 9.17) is 0 Å². The number of hydrogen-bond donors (Lipinski definition) is 3. The number of aliphatic imine (C=N–C) groups is 1. The van der Waals surface area contributed by atoms with Gasteiger partial charge in [-0.25, -0.2) is 0 Å². The molecule has 1 rings (SSSR count). The summed E-state index contributed by atoms with van der Waals surface area (Å²) in [5.41, 5.74) is -0.513. The summed E-state index contributed by atoms with van der Waals surface area (Å²) in [4.78, 5) is 18.1. The highest BCUT2D eigenvalue weighted by molar-refractivity contribution is 14.0. The molecule has 5 nitrogen and oxygen atoms in total. The van der Waals surface area contributed by atoms with Crippen molar-refractivity contribution in [1.82, 2.24) is 16.0 Å². The Hall–Kier alpha value is -0.830. The summed E-state index contributed by atoms with van der Waals surface area (Å²) < 4.78 is 0. The maximum absolute atomic E-state index is 12.1. The first-order chi connectivity index (χ1) is 11.4. The molecule has 0 aliphatic heterocycles. The van der Waals surface area contributed by atoms with Crippen LogP contribution in [0.2, 0.25) is 0 Å². The molecule has 0 aliphatic carbocycles. The third kappa shape index (κ3) is 9.44.